The van der Waals surface area contributed by atoms with Crippen LogP contribution in [-0.4, -0.2) is 25.4 Å². The molecule has 1 aromatic carbocycles. The third-order valence-corrected chi connectivity index (χ3v) is 4.11. The Kier molecular flexibility index (Phi) is 3.68. The van der Waals surface area contributed by atoms with Crippen molar-refractivity contribution < 1.29 is 4.92 Å². The van der Waals surface area contributed by atoms with E-state index < -0.39 is 4.92 Å². The average molecular weight is 316 g/mol. The van der Waals surface area contributed by atoms with Gasteiger partial charge in [0.15, 0.2) is 0 Å². The van der Waals surface area contributed by atoms with Crippen LogP contribution in [0, 0.1) is 10.1 Å². The van der Waals surface area contributed by atoms with Gasteiger partial charge in [0.1, 0.15) is 16.7 Å². The van der Waals surface area contributed by atoms with Crippen LogP contribution in [0.15, 0.2) is 52.5 Å². The molecule has 0 atom stereocenters. The van der Waals surface area contributed by atoms with Crippen molar-refractivity contribution in [2.75, 3.05) is 6.26 Å². The molecule has 0 fully saturated rings. The van der Waals surface area contributed by atoms with Crippen LogP contribution in [-0.2, 0) is 6.54 Å². The van der Waals surface area contributed by atoms with Crippen LogP contribution >= 0.6 is 11.8 Å². The van der Waals surface area contributed by atoms with Crippen molar-refractivity contribution in [2.45, 2.75) is 11.4 Å². The number of nitrogens with zero attached hydrogens (tertiary/aromatic N) is 4. The van der Waals surface area contributed by atoms with Gasteiger partial charge in [-0.15, -0.1) is 11.8 Å². The Labute approximate surface area is 129 Å². The van der Waals surface area contributed by atoms with E-state index in [2.05, 4.69) is 5.10 Å². The summed E-state index contributed by atoms with van der Waals surface area (Å²) in [7, 11) is 0. The Bertz CT molecular complexity index is 902. The second-order valence-electron chi connectivity index (χ2n) is 4.64. The lowest BCUT2D eigenvalue weighted by Crippen LogP contribution is -2.25. The van der Waals surface area contributed by atoms with Crippen LogP contribution in [0.3, 0.4) is 0 Å². The van der Waals surface area contributed by atoms with Gasteiger partial charge in [-0.1, -0.05) is 30.3 Å². The molecular weight excluding hydrogens is 304 g/mol. The number of hydrogen-bond donors (Lipinski definition) is 0. The first-order valence-electron chi connectivity index (χ1n) is 6.45. The van der Waals surface area contributed by atoms with Crippen LogP contribution in [0.2, 0.25) is 0 Å². The number of rotatable bonds is 4. The molecule has 0 aliphatic carbocycles. The molecule has 0 N–H and O–H groups in total. The summed E-state index contributed by atoms with van der Waals surface area (Å²) in [4.78, 5) is 23.6. The molecule has 3 aromatic rings. The SMILES string of the molecule is CSc1c([N+](=O)[O-])cn2cnn(Cc3ccccc3)c(=O)c12. The smallest absolute Gasteiger partial charge is 0.293 e. The third kappa shape index (κ3) is 2.37. The van der Waals surface area contributed by atoms with Crippen molar-refractivity contribution >= 4 is 23.0 Å². The van der Waals surface area contributed by atoms with Crippen LogP contribution in [0.4, 0.5) is 5.69 Å². The Morgan fingerprint density at radius 3 is 2.68 bits per heavy atom. The summed E-state index contributed by atoms with van der Waals surface area (Å²) >= 11 is 1.19. The highest BCUT2D eigenvalue weighted by Crippen LogP contribution is 2.31. The van der Waals surface area contributed by atoms with E-state index in [4.69, 9.17) is 0 Å². The highest BCUT2D eigenvalue weighted by molar-refractivity contribution is 7.99. The van der Waals surface area contributed by atoms with E-state index in [-0.39, 0.29) is 16.8 Å². The third-order valence-electron chi connectivity index (χ3n) is 3.30. The van der Waals surface area contributed by atoms with E-state index in [1.807, 2.05) is 30.3 Å². The topological polar surface area (TPSA) is 82.4 Å². The number of nitro groups is 1. The lowest BCUT2D eigenvalue weighted by molar-refractivity contribution is -0.387. The fourth-order valence-electron chi connectivity index (χ4n) is 2.29. The largest absolute Gasteiger partial charge is 0.301 e. The molecule has 3 rings (SSSR count). The van der Waals surface area contributed by atoms with Gasteiger partial charge in [-0.3, -0.25) is 19.3 Å². The molecule has 112 valence electrons. The Balaban J connectivity index is 2.17. The first kappa shape index (κ1) is 14.3. The summed E-state index contributed by atoms with van der Waals surface area (Å²) < 4.78 is 2.72. The molecule has 0 amide bonds. The van der Waals surface area contributed by atoms with E-state index in [0.29, 0.717) is 11.4 Å². The summed E-state index contributed by atoms with van der Waals surface area (Å²) in [5.74, 6) is 0. The summed E-state index contributed by atoms with van der Waals surface area (Å²) in [6.07, 6.45) is 4.46. The first-order valence-corrected chi connectivity index (χ1v) is 7.67. The van der Waals surface area contributed by atoms with E-state index >= 15 is 0 Å². The zero-order chi connectivity index (χ0) is 15.7. The quantitative estimate of drug-likeness (QED) is 0.418. The van der Waals surface area contributed by atoms with Gasteiger partial charge in [0.2, 0.25) is 0 Å². The lowest BCUT2D eigenvalue weighted by Gasteiger charge is -2.05. The van der Waals surface area contributed by atoms with Crippen LogP contribution < -0.4 is 5.56 Å². The molecule has 0 saturated carbocycles. The van der Waals surface area contributed by atoms with Crippen LogP contribution in [0.1, 0.15) is 5.56 Å². The molecule has 0 aliphatic heterocycles. The molecule has 2 heterocycles. The Morgan fingerprint density at radius 1 is 1.32 bits per heavy atom. The number of thioether (sulfide) groups is 1. The van der Waals surface area contributed by atoms with Crippen molar-refractivity contribution in [3.05, 3.63) is 68.9 Å². The van der Waals surface area contributed by atoms with Crippen molar-refractivity contribution in [3.63, 3.8) is 0 Å². The molecule has 22 heavy (non-hydrogen) atoms. The van der Waals surface area contributed by atoms with Gasteiger partial charge in [0.25, 0.3) is 5.56 Å². The minimum atomic E-state index is -0.486. The summed E-state index contributed by atoms with van der Waals surface area (Å²) in [6, 6.07) is 9.45. The fraction of sp³-hybridized carbons (Fsp3) is 0.143. The van der Waals surface area contributed by atoms with Gasteiger partial charge >= 0.3 is 5.69 Å². The van der Waals surface area contributed by atoms with Crippen molar-refractivity contribution in [3.8, 4) is 0 Å². The Morgan fingerprint density at radius 2 is 2.05 bits per heavy atom. The second kappa shape index (κ2) is 5.64. The maximum atomic E-state index is 12.6. The van der Waals surface area contributed by atoms with Crippen molar-refractivity contribution in [2.24, 2.45) is 0 Å². The molecule has 0 radical (unpaired) electrons. The predicted octanol–water partition coefficient (Wildman–Crippen LogP) is 2.17. The minimum absolute atomic E-state index is 0.0798. The molecule has 8 heteroatoms. The van der Waals surface area contributed by atoms with Crippen LogP contribution in [0.25, 0.3) is 5.52 Å². The van der Waals surface area contributed by atoms with Gasteiger partial charge in [-0.2, -0.15) is 5.10 Å². The Hall–Kier alpha value is -2.61. The standard InChI is InChI=1S/C14H12N4O3S/c1-22-13-11(18(20)21)8-16-9-15-17(14(19)12(13)16)7-10-5-3-2-4-6-10/h2-6,8-9H,7H2,1H3. The molecule has 0 spiro atoms. The predicted molar refractivity (Wildman–Crippen MR) is 83.4 cm³/mol. The van der Waals surface area contributed by atoms with E-state index in [9.17, 15) is 14.9 Å². The summed E-state index contributed by atoms with van der Waals surface area (Å²) in [6.45, 7) is 0.322. The average Bonchev–Trinajstić information content (AvgIpc) is 2.91. The van der Waals surface area contributed by atoms with E-state index in [0.717, 1.165) is 5.56 Å². The second-order valence-corrected chi connectivity index (χ2v) is 5.46. The number of aromatic nitrogens is 3. The van der Waals surface area contributed by atoms with Crippen molar-refractivity contribution in [1.29, 1.82) is 0 Å². The fourth-order valence-corrected chi connectivity index (χ4v) is 3.01. The summed E-state index contributed by atoms with van der Waals surface area (Å²) in [5.41, 5.74) is 0.797. The molecule has 0 bridgehead atoms. The molecule has 0 saturated heterocycles. The molecule has 2 aromatic heterocycles. The van der Waals surface area contributed by atoms with Crippen molar-refractivity contribution in [1.82, 2.24) is 14.2 Å². The molecule has 7 nitrogen and oxygen atoms in total. The van der Waals surface area contributed by atoms with Gasteiger partial charge in [0, 0.05) is 0 Å². The molecular formula is C14H12N4O3S. The first-order chi connectivity index (χ1) is 10.6. The highest BCUT2D eigenvalue weighted by atomic mass is 32.2. The number of fused-ring (bicyclic) bond motifs is 1. The highest BCUT2D eigenvalue weighted by Gasteiger charge is 2.22. The van der Waals surface area contributed by atoms with Crippen LogP contribution in [0.5, 0.6) is 0 Å². The van der Waals surface area contributed by atoms with Gasteiger partial charge in [-0.05, 0) is 11.8 Å². The van der Waals surface area contributed by atoms with Gasteiger partial charge < -0.3 is 0 Å². The number of hydrogen-bond acceptors (Lipinski definition) is 5. The minimum Gasteiger partial charge on any atom is -0.293 e. The number of benzene rings is 1. The zero-order valence-corrected chi connectivity index (χ0v) is 12.5. The summed E-state index contributed by atoms with van der Waals surface area (Å²) in [5, 5.41) is 15.2. The van der Waals surface area contributed by atoms with Gasteiger partial charge in [0.05, 0.1) is 17.7 Å². The normalized spacial score (nSPS) is 11.0. The molecule has 0 unspecified atom stereocenters. The zero-order valence-electron chi connectivity index (χ0n) is 11.7. The van der Waals surface area contributed by atoms with E-state index in [1.54, 1.807) is 6.26 Å². The lowest BCUT2D eigenvalue weighted by atomic mass is 10.2. The molecule has 0 aliphatic rings. The maximum absolute atomic E-state index is 12.6. The van der Waals surface area contributed by atoms with Gasteiger partial charge in [-0.25, -0.2) is 4.68 Å². The van der Waals surface area contributed by atoms with E-state index in [1.165, 1.54) is 33.4 Å². The monoisotopic (exact) mass is 316 g/mol. The maximum Gasteiger partial charge on any atom is 0.301 e.